The Morgan fingerprint density at radius 2 is 1.48 bits per heavy atom. The zero-order valence-corrected chi connectivity index (χ0v) is 20.2. The molecule has 1 unspecified atom stereocenters. The lowest BCUT2D eigenvalue weighted by molar-refractivity contribution is 0.290. The molecule has 176 valence electrons. The molecular formula is C24H42ClN5O. The Hall–Kier alpha value is -1.95. The third kappa shape index (κ3) is 10.3. The SMILES string of the molecule is CCCCCCCCCCCCC1N=C(N)N=C(N)N1CCc1ccc(OC)cc1.Cl. The maximum absolute atomic E-state index is 6.18. The normalized spacial score (nSPS) is 15.8. The van der Waals surface area contributed by atoms with E-state index >= 15 is 0 Å². The van der Waals surface area contributed by atoms with Gasteiger partial charge in [0, 0.05) is 6.54 Å². The minimum Gasteiger partial charge on any atom is -0.497 e. The number of ether oxygens (including phenoxy) is 1. The number of rotatable bonds is 15. The van der Waals surface area contributed by atoms with Crippen LogP contribution in [0.4, 0.5) is 0 Å². The Bertz CT molecular complexity index is 662. The maximum atomic E-state index is 6.18. The van der Waals surface area contributed by atoms with Crippen molar-refractivity contribution >= 4 is 24.3 Å². The number of nitrogens with zero attached hydrogens (tertiary/aromatic N) is 3. The van der Waals surface area contributed by atoms with Crippen molar-refractivity contribution in [3.63, 3.8) is 0 Å². The fourth-order valence-electron chi connectivity index (χ4n) is 3.93. The lowest BCUT2D eigenvalue weighted by atomic mass is 10.0. The van der Waals surface area contributed by atoms with Crippen LogP contribution in [0.2, 0.25) is 0 Å². The molecule has 1 aromatic rings. The highest BCUT2D eigenvalue weighted by molar-refractivity contribution is 5.95. The van der Waals surface area contributed by atoms with Gasteiger partial charge in [-0.25, -0.2) is 4.99 Å². The number of halogens is 1. The van der Waals surface area contributed by atoms with E-state index in [1.165, 1.54) is 63.4 Å². The van der Waals surface area contributed by atoms with Gasteiger partial charge >= 0.3 is 0 Å². The van der Waals surface area contributed by atoms with E-state index in [9.17, 15) is 0 Å². The lowest BCUT2D eigenvalue weighted by Gasteiger charge is -2.32. The lowest BCUT2D eigenvalue weighted by Crippen LogP contribution is -2.49. The van der Waals surface area contributed by atoms with Crippen LogP contribution in [-0.4, -0.2) is 36.6 Å². The molecule has 1 aromatic carbocycles. The number of guanidine groups is 2. The second kappa shape index (κ2) is 15.8. The molecule has 0 saturated carbocycles. The first kappa shape index (κ1) is 27.1. The van der Waals surface area contributed by atoms with E-state index < -0.39 is 0 Å². The summed E-state index contributed by atoms with van der Waals surface area (Å²) in [6.45, 7) is 3.05. The van der Waals surface area contributed by atoms with Gasteiger partial charge in [0.15, 0.2) is 0 Å². The molecule has 2 rings (SSSR count). The number of unbranched alkanes of at least 4 members (excludes halogenated alkanes) is 9. The van der Waals surface area contributed by atoms with Crippen molar-refractivity contribution in [2.45, 2.75) is 90.1 Å². The van der Waals surface area contributed by atoms with Gasteiger partial charge in [-0.1, -0.05) is 76.8 Å². The second-order valence-corrected chi connectivity index (χ2v) is 8.20. The Morgan fingerprint density at radius 1 is 0.903 bits per heavy atom. The number of methoxy groups -OCH3 is 1. The zero-order valence-electron chi connectivity index (χ0n) is 19.4. The van der Waals surface area contributed by atoms with Crippen molar-refractivity contribution in [3.05, 3.63) is 29.8 Å². The Kier molecular flexibility index (Phi) is 13.8. The summed E-state index contributed by atoms with van der Waals surface area (Å²) < 4.78 is 5.23. The molecule has 1 atom stereocenters. The molecule has 0 spiro atoms. The Labute approximate surface area is 194 Å². The molecule has 1 aliphatic heterocycles. The van der Waals surface area contributed by atoms with Gasteiger partial charge in [-0.15, -0.1) is 12.4 Å². The predicted molar refractivity (Wildman–Crippen MR) is 134 cm³/mol. The average Bonchev–Trinajstić information content (AvgIpc) is 2.74. The molecule has 0 aliphatic carbocycles. The van der Waals surface area contributed by atoms with E-state index in [0.29, 0.717) is 11.9 Å². The van der Waals surface area contributed by atoms with Gasteiger partial charge in [0.05, 0.1) is 7.11 Å². The van der Waals surface area contributed by atoms with E-state index in [-0.39, 0.29) is 18.6 Å². The van der Waals surface area contributed by atoms with E-state index in [4.69, 9.17) is 16.2 Å². The van der Waals surface area contributed by atoms with Crippen molar-refractivity contribution in [1.82, 2.24) is 4.90 Å². The van der Waals surface area contributed by atoms with Crippen LogP contribution < -0.4 is 16.2 Å². The number of nitrogens with two attached hydrogens (primary N) is 2. The van der Waals surface area contributed by atoms with E-state index in [1.807, 2.05) is 12.1 Å². The minimum atomic E-state index is -0.00482. The molecule has 0 bridgehead atoms. The van der Waals surface area contributed by atoms with Crippen LogP contribution in [0.15, 0.2) is 34.3 Å². The molecule has 7 heteroatoms. The molecule has 0 fully saturated rings. The third-order valence-corrected chi connectivity index (χ3v) is 5.78. The van der Waals surface area contributed by atoms with Crippen LogP contribution in [0, 0.1) is 0 Å². The fourth-order valence-corrected chi connectivity index (χ4v) is 3.93. The summed E-state index contributed by atoms with van der Waals surface area (Å²) in [5, 5.41) is 0. The molecule has 1 heterocycles. The van der Waals surface area contributed by atoms with Crippen molar-refractivity contribution in [2.75, 3.05) is 13.7 Å². The first-order chi connectivity index (χ1) is 14.6. The van der Waals surface area contributed by atoms with Gasteiger partial charge in [0.2, 0.25) is 11.9 Å². The van der Waals surface area contributed by atoms with Crippen LogP contribution in [0.5, 0.6) is 5.75 Å². The molecular weight excluding hydrogens is 410 g/mol. The highest BCUT2D eigenvalue weighted by atomic mass is 35.5. The molecule has 4 N–H and O–H groups in total. The van der Waals surface area contributed by atoms with Gasteiger partial charge < -0.3 is 21.1 Å². The highest BCUT2D eigenvalue weighted by Gasteiger charge is 2.23. The molecule has 0 saturated heterocycles. The number of aliphatic imine (C=N–C) groups is 2. The highest BCUT2D eigenvalue weighted by Crippen LogP contribution is 2.18. The maximum Gasteiger partial charge on any atom is 0.220 e. The number of hydrogen-bond donors (Lipinski definition) is 2. The summed E-state index contributed by atoms with van der Waals surface area (Å²) in [5.74, 6) is 1.65. The van der Waals surface area contributed by atoms with Gasteiger partial charge in [0.1, 0.15) is 11.9 Å². The van der Waals surface area contributed by atoms with Gasteiger partial charge in [-0.2, -0.15) is 4.99 Å². The van der Waals surface area contributed by atoms with Crippen LogP contribution in [0.3, 0.4) is 0 Å². The second-order valence-electron chi connectivity index (χ2n) is 8.20. The van der Waals surface area contributed by atoms with Gasteiger partial charge in [-0.3, -0.25) is 0 Å². The Morgan fingerprint density at radius 3 is 2.06 bits per heavy atom. The Balaban J connectivity index is 0.00000480. The summed E-state index contributed by atoms with van der Waals surface area (Å²) >= 11 is 0. The van der Waals surface area contributed by atoms with Crippen LogP contribution in [0.25, 0.3) is 0 Å². The first-order valence-electron chi connectivity index (χ1n) is 11.7. The zero-order chi connectivity index (χ0) is 21.6. The summed E-state index contributed by atoms with van der Waals surface area (Å²) in [6.07, 6.45) is 15.1. The smallest absolute Gasteiger partial charge is 0.220 e. The number of hydrogen-bond acceptors (Lipinski definition) is 6. The van der Waals surface area contributed by atoms with Gasteiger partial charge in [0.25, 0.3) is 0 Å². The molecule has 31 heavy (non-hydrogen) atoms. The van der Waals surface area contributed by atoms with E-state index in [1.54, 1.807) is 7.11 Å². The molecule has 0 aromatic heterocycles. The predicted octanol–water partition coefficient (Wildman–Crippen LogP) is 5.24. The first-order valence-corrected chi connectivity index (χ1v) is 11.7. The van der Waals surface area contributed by atoms with Crippen LogP contribution in [0.1, 0.15) is 83.1 Å². The molecule has 1 aliphatic rings. The minimum absolute atomic E-state index is 0. The number of benzene rings is 1. The van der Waals surface area contributed by atoms with Crippen molar-refractivity contribution in [3.8, 4) is 5.75 Å². The molecule has 0 amide bonds. The average molecular weight is 452 g/mol. The third-order valence-electron chi connectivity index (χ3n) is 5.78. The summed E-state index contributed by atoms with van der Waals surface area (Å²) in [7, 11) is 1.68. The largest absolute Gasteiger partial charge is 0.497 e. The summed E-state index contributed by atoms with van der Waals surface area (Å²) in [4.78, 5) is 10.8. The van der Waals surface area contributed by atoms with E-state index in [0.717, 1.165) is 31.6 Å². The standard InChI is InChI=1S/C24H41N5O.ClH/c1-3-4-5-6-7-8-9-10-11-12-13-22-27-23(25)28-24(26)29(22)19-18-20-14-16-21(30-2)17-15-20;/h14-17,22H,3-13,18-19H2,1-2H3,(H4,25,26,27,28);1H. The topological polar surface area (TPSA) is 89.2 Å². The van der Waals surface area contributed by atoms with Gasteiger partial charge in [-0.05, 0) is 37.0 Å². The monoisotopic (exact) mass is 451 g/mol. The van der Waals surface area contributed by atoms with Crippen LogP contribution >= 0.6 is 12.4 Å². The summed E-state index contributed by atoms with van der Waals surface area (Å²) in [5.41, 5.74) is 13.3. The van der Waals surface area contributed by atoms with Crippen molar-refractivity contribution in [2.24, 2.45) is 21.5 Å². The molecule has 6 nitrogen and oxygen atoms in total. The molecule has 0 radical (unpaired) electrons. The summed E-state index contributed by atoms with van der Waals surface area (Å²) in [6, 6.07) is 8.15. The quantitative estimate of drug-likeness (QED) is 0.357. The fraction of sp³-hybridized carbons (Fsp3) is 0.667. The van der Waals surface area contributed by atoms with Crippen molar-refractivity contribution < 1.29 is 4.74 Å². The van der Waals surface area contributed by atoms with Crippen molar-refractivity contribution in [1.29, 1.82) is 0 Å². The van der Waals surface area contributed by atoms with E-state index in [2.05, 4.69) is 33.9 Å². The van der Waals surface area contributed by atoms with Crippen LogP contribution in [-0.2, 0) is 6.42 Å².